The van der Waals surface area contributed by atoms with Gasteiger partial charge in [-0.2, -0.15) is 0 Å². The Bertz CT molecular complexity index is 1050. The van der Waals surface area contributed by atoms with Gasteiger partial charge in [-0.1, -0.05) is 25.1 Å². The first kappa shape index (κ1) is 21.3. The van der Waals surface area contributed by atoms with Crippen molar-refractivity contribution in [3.05, 3.63) is 41.8 Å². The van der Waals surface area contributed by atoms with Gasteiger partial charge in [-0.3, -0.25) is 4.79 Å². The molecule has 6 nitrogen and oxygen atoms in total. The summed E-state index contributed by atoms with van der Waals surface area (Å²) in [6, 6.07) is 12.4. The largest absolute Gasteiger partial charge is 0.356 e. The molecule has 1 amide bonds. The first-order valence-electron chi connectivity index (χ1n) is 11.8. The first-order chi connectivity index (χ1) is 15.7. The minimum Gasteiger partial charge on any atom is -0.356 e. The molecule has 2 fully saturated rings. The molecule has 1 aromatic carbocycles. The topological polar surface area (TPSA) is 52.6 Å². The van der Waals surface area contributed by atoms with Gasteiger partial charge < -0.3 is 14.7 Å². The Morgan fingerprint density at radius 3 is 2.50 bits per heavy atom. The molecular formula is C25H31N5OS. The molecule has 0 radical (unpaired) electrons. The molecule has 0 saturated carbocycles. The van der Waals surface area contributed by atoms with Crippen LogP contribution in [0.2, 0.25) is 0 Å². The fourth-order valence-electron chi connectivity index (χ4n) is 4.86. The molecule has 4 heterocycles. The van der Waals surface area contributed by atoms with E-state index in [4.69, 9.17) is 9.97 Å². The minimum absolute atomic E-state index is 0.340. The number of piperazine rings is 1. The van der Waals surface area contributed by atoms with E-state index in [0.717, 1.165) is 86.1 Å². The molecular weight excluding hydrogens is 418 g/mol. The van der Waals surface area contributed by atoms with Crippen LogP contribution in [-0.4, -0.2) is 71.5 Å². The minimum atomic E-state index is 0.340. The molecule has 32 heavy (non-hydrogen) atoms. The van der Waals surface area contributed by atoms with Crippen LogP contribution in [0.5, 0.6) is 0 Å². The van der Waals surface area contributed by atoms with E-state index in [1.807, 2.05) is 12.1 Å². The van der Waals surface area contributed by atoms with Crippen molar-refractivity contribution in [1.29, 1.82) is 0 Å². The van der Waals surface area contributed by atoms with Gasteiger partial charge in [0.15, 0.2) is 5.82 Å². The van der Waals surface area contributed by atoms with E-state index in [0.29, 0.717) is 18.2 Å². The number of rotatable bonds is 5. The van der Waals surface area contributed by atoms with Crippen LogP contribution in [0, 0.1) is 5.92 Å². The van der Waals surface area contributed by atoms with Crippen LogP contribution in [0.25, 0.3) is 21.6 Å². The fourth-order valence-corrected chi connectivity index (χ4v) is 5.51. The summed E-state index contributed by atoms with van der Waals surface area (Å²) >= 11 is 1.67. The second-order valence-electron chi connectivity index (χ2n) is 8.81. The second kappa shape index (κ2) is 9.55. The molecule has 3 aromatic rings. The predicted octanol–water partition coefficient (Wildman–Crippen LogP) is 4.13. The average molecular weight is 450 g/mol. The van der Waals surface area contributed by atoms with Gasteiger partial charge in [0.05, 0.1) is 10.4 Å². The number of carbonyl (C=O) groups excluding carboxylic acids is 1. The molecule has 5 rings (SSSR count). The maximum atomic E-state index is 12.8. The van der Waals surface area contributed by atoms with Gasteiger partial charge in [0.25, 0.3) is 0 Å². The van der Waals surface area contributed by atoms with E-state index < -0.39 is 0 Å². The molecule has 0 N–H and O–H groups in total. The number of thiophene rings is 1. The summed E-state index contributed by atoms with van der Waals surface area (Å²) in [5.41, 5.74) is 0.990. The SMILES string of the molecule is CCN1CCN(C(=O)CC2CCN(c3nc(-c4cccs4)nc4ccccc34)CC2)CC1. The van der Waals surface area contributed by atoms with Crippen LogP contribution in [0.1, 0.15) is 26.2 Å². The highest BCUT2D eigenvalue weighted by Gasteiger charge is 2.27. The van der Waals surface area contributed by atoms with Crippen LogP contribution in [0.4, 0.5) is 5.82 Å². The number of fused-ring (bicyclic) bond motifs is 1. The lowest BCUT2D eigenvalue weighted by atomic mass is 9.92. The molecule has 2 aromatic heterocycles. The maximum absolute atomic E-state index is 12.8. The Balaban J connectivity index is 1.26. The van der Waals surface area contributed by atoms with Crippen LogP contribution in [-0.2, 0) is 4.79 Å². The van der Waals surface area contributed by atoms with Crippen molar-refractivity contribution >= 4 is 34.0 Å². The Morgan fingerprint density at radius 2 is 1.78 bits per heavy atom. The first-order valence-corrected chi connectivity index (χ1v) is 12.6. The lowest BCUT2D eigenvalue weighted by Crippen LogP contribution is -2.49. The summed E-state index contributed by atoms with van der Waals surface area (Å²) in [5, 5.41) is 3.18. The molecule has 0 unspecified atom stereocenters. The van der Waals surface area contributed by atoms with Gasteiger partial charge in [-0.25, -0.2) is 9.97 Å². The summed E-state index contributed by atoms with van der Waals surface area (Å²) in [7, 11) is 0. The highest BCUT2D eigenvalue weighted by Crippen LogP contribution is 2.32. The Hall–Kier alpha value is -2.51. The van der Waals surface area contributed by atoms with Crippen LogP contribution in [0.3, 0.4) is 0 Å². The van der Waals surface area contributed by atoms with Gasteiger partial charge in [0.2, 0.25) is 5.91 Å². The molecule has 2 aliphatic rings. The van der Waals surface area contributed by atoms with Crippen molar-refractivity contribution in [2.75, 3.05) is 50.7 Å². The van der Waals surface area contributed by atoms with E-state index in [1.54, 1.807) is 11.3 Å². The standard InChI is InChI=1S/C25H31N5OS/c1-2-28-13-15-29(16-14-28)23(31)18-19-9-11-30(12-10-19)25-20-6-3-4-7-21(20)26-24(27-25)22-8-5-17-32-22/h3-8,17,19H,2,9-16,18H2,1H3. The summed E-state index contributed by atoms with van der Waals surface area (Å²) in [5.74, 6) is 2.64. The van der Waals surface area contributed by atoms with Crippen LogP contribution >= 0.6 is 11.3 Å². The summed E-state index contributed by atoms with van der Waals surface area (Å²) in [6.45, 7) is 8.91. The fraction of sp³-hybridized carbons (Fsp3) is 0.480. The summed E-state index contributed by atoms with van der Waals surface area (Å²) in [6.07, 6.45) is 2.76. The zero-order valence-electron chi connectivity index (χ0n) is 18.7. The number of amides is 1. The van der Waals surface area contributed by atoms with Crippen molar-refractivity contribution in [3.8, 4) is 10.7 Å². The van der Waals surface area contributed by atoms with E-state index in [9.17, 15) is 4.79 Å². The number of nitrogens with zero attached hydrogens (tertiary/aromatic N) is 5. The average Bonchev–Trinajstić information content (AvgIpc) is 3.39. The third-order valence-corrected chi connectivity index (χ3v) is 7.74. The smallest absolute Gasteiger partial charge is 0.222 e. The number of anilines is 1. The second-order valence-corrected chi connectivity index (χ2v) is 9.76. The van der Waals surface area contributed by atoms with E-state index in [2.05, 4.69) is 51.3 Å². The van der Waals surface area contributed by atoms with Gasteiger partial charge in [0, 0.05) is 51.1 Å². The van der Waals surface area contributed by atoms with Gasteiger partial charge in [-0.05, 0) is 48.9 Å². The van der Waals surface area contributed by atoms with Crippen molar-refractivity contribution < 1.29 is 4.79 Å². The Morgan fingerprint density at radius 1 is 1.00 bits per heavy atom. The third-order valence-electron chi connectivity index (χ3n) is 6.87. The normalized spacial score (nSPS) is 18.4. The number of hydrogen-bond donors (Lipinski definition) is 0. The molecule has 168 valence electrons. The number of para-hydroxylation sites is 1. The number of hydrogen-bond acceptors (Lipinski definition) is 6. The quantitative estimate of drug-likeness (QED) is 0.586. The lowest BCUT2D eigenvalue weighted by molar-refractivity contribution is -0.134. The molecule has 7 heteroatoms. The molecule has 0 spiro atoms. The van der Waals surface area contributed by atoms with Crippen molar-refractivity contribution in [1.82, 2.24) is 19.8 Å². The molecule has 0 atom stereocenters. The van der Waals surface area contributed by atoms with E-state index >= 15 is 0 Å². The number of carbonyl (C=O) groups is 1. The van der Waals surface area contributed by atoms with Crippen LogP contribution < -0.4 is 4.90 Å². The highest BCUT2D eigenvalue weighted by atomic mass is 32.1. The molecule has 2 saturated heterocycles. The zero-order chi connectivity index (χ0) is 21.9. The predicted molar refractivity (Wildman–Crippen MR) is 131 cm³/mol. The number of aromatic nitrogens is 2. The Labute approximate surface area is 193 Å². The number of likely N-dealkylation sites (N-methyl/N-ethyl adjacent to an activating group) is 1. The lowest BCUT2D eigenvalue weighted by Gasteiger charge is -2.36. The molecule has 0 bridgehead atoms. The van der Waals surface area contributed by atoms with Crippen molar-refractivity contribution in [2.24, 2.45) is 5.92 Å². The summed E-state index contributed by atoms with van der Waals surface area (Å²) < 4.78 is 0. The van der Waals surface area contributed by atoms with E-state index in [-0.39, 0.29) is 0 Å². The van der Waals surface area contributed by atoms with Gasteiger partial charge in [0.1, 0.15) is 5.82 Å². The zero-order valence-corrected chi connectivity index (χ0v) is 19.6. The maximum Gasteiger partial charge on any atom is 0.222 e. The third kappa shape index (κ3) is 4.50. The molecule has 2 aliphatic heterocycles. The summed E-state index contributed by atoms with van der Waals surface area (Å²) in [4.78, 5) is 30.6. The van der Waals surface area contributed by atoms with Gasteiger partial charge in [-0.15, -0.1) is 11.3 Å². The van der Waals surface area contributed by atoms with Crippen molar-refractivity contribution in [2.45, 2.75) is 26.2 Å². The number of piperidine rings is 1. The van der Waals surface area contributed by atoms with Crippen LogP contribution in [0.15, 0.2) is 41.8 Å². The highest BCUT2D eigenvalue weighted by molar-refractivity contribution is 7.13. The van der Waals surface area contributed by atoms with E-state index in [1.165, 1.54) is 0 Å². The monoisotopic (exact) mass is 449 g/mol. The van der Waals surface area contributed by atoms with Gasteiger partial charge >= 0.3 is 0 Å². The Kier molecular flexibility index (Phi) is 6.37. The number of benzene rings is 1. The van der Waals surface area contributed by atoms with Crippen molar-refractivity contribution in [3.63, 3.8) is 0 Å². The molecule has 0 aliphatic carbocycles.